The molecule has 0 saturated carbocycles. The molecular formula is C20H25N3O4. The summed E-state index contributed by atoms with van der Waals surface area (Å²) < 4.78 is 21.7. The molecule has 2 aromatic carbocycles. The summed E-state index contributed by atoms with van der Waals surface area (Å²) in [6.07, 6.45) is 0. The smallest absolute Gasteiger partial charge is 0.231 e. The van der Waals surface area contributed by atoms with Crippen LogP contribution < -0.4 is 35.1 Å². The van der Waals surface area contributed by atoms with Gasteiger partial charge < -0.3 is 24.3 Å². The minimum absolute atomic E-state index is 0.208. The summed E-state index contributed by atoms with van der Waals surface area (Å²) in [5, 5.41) is 3.55. The SMILES string of the molecule is COc1ccc(OC)c(CNCC2CNNC2c2ccc3c(c2)OCO3)c1. The van der Waals surface area contributed by atoms with Gasteiger partial charge in [0.2, 0.25) is 6.79 Å². The van der Waals surface area contributed by atoms with Gasteiger partial charge in [-0.15, -0.1) is 0 Å². The van der Waals surface area contributed by atoms with Gasteiger partial charge in [-0.3, -0.25) is 5.43 Å². The molecule has 2 heterocycles. The van der Waals surface area contributed by atoms with E-state index in [0.29, 0.717) is 19.3 Å². The molecule has 0 spiro atoms. The highest BCUT2D eigenvalue weighted by atomic mass is 16.7. The topological polar surface area (TPSA) is 73.0 Å². The number of hydrazine groups is 1. The summed E-state index contributed by atoms with van der Waals surface area (Å²) in [4.78, 5) is 0. The van der Waals surface area contributed by atoms with Crippen molar-refractivity contribution in [2.24, 2.45) is 5.92 Å². The molecule has 2 aliphatic heterocycles. The maximum Gasteiger partial charge on any atom is 0.231 e. The number of ether oxygens (including phenoxy) is 4. The number of hydrogen-bond acceptors (Lipinski definition) is 7. The Balaban J connectivity index is 1.39. The Morgan fingerprint density at radius 2 is 1.96 bits per heavy atom. The molecular weight excluding hydrogens is 346 g/mol. The highest BCUT2D eigenvalue weighted by molar-refractivity contribution is 5.45. The van der Waals surface area contributed by atoms with Gasteiger partial charge in [0, 0.05) is 31.1 Å². The number of benzene rings is 2. The third-order valence-corrected chi connectivity index (χ3v) is 5.06. The molecule has 0 bridgehead atoms. The Kier molecular flexibility index (Phi) is 5.33. The van der Waals surface area contributed by atoms with E-state index in [-0.39, 0.29) is 6.04 Å². The molecule has 0 aromatic heterocycles. The van der Waals surface area contributed by atoms with Crippen molar-refractivity contribution in [2.75, 3.05) is 34.1 Å². The Hall–Kier alpha value is -2.48. The van der Waals surface area contributed by atoms with Crippen molar-refractivity contribution in [1.82, 2.24) is 16.2 Å². The Bertz CT molecular complexity index is 799. The number of fused-ring (bicyclic) bond motifs is 1. The lowest BCUT2D eigenvalue weighted by molar-refractivity contribution is 0.174. The summed E-state index contributed by atoms with van der Waals surface area (Å²) >= 11 is 0. The minimum Gasteiger partial charge on any atom is -0.497 e. The van der Waals surface area contributed by atoms with Crippen molar-refractivity contribution < 1.29 is 18.9 Å². The number of nitrogens with one attached hydrogen (secondary N) is 3. The molecule has 2 aliphatic rings. The average Bonchev–Trinajstić information content (AvgIpc) is 3.36. The molecule has 4 rings (SSSR count). The molecule has 7 nitrogen and oxygen atoms in total. The lowest BCUT2D eigenvalue weighted by atomic mass is 9.94. The molecule has 1 saturated heterocycles. The lowest BCUT2D eigenvalue weighted by Crippen LogP contribution is -2.28. The van der Waals surface area contributed by atoms with Gasteiger partial charge in [-0.1, -0.05) is 6.07 Å². The second-order valence-electron chi connectivity index (χ2n) is 6.68. The van der Waals surface area contributed by atoms with Gasteiger partial charge in [0.05, 0.1) is 20.3 Å². The summed E-state index contributed by atoms with van der Waals surface area (Å²) in [7, 11) is 3.36. The molecule has 27 heavy (non-hydrogen) atoms. The van der Waals surface area contributed by atoms with Crippen LogP contribution in [0.5, 0.6) is 23.0 Å². The normalized spacial score (nSPS) is 20.7. The van der Waals surface area contributed by atoms with Gasteiger partial charge in [-0.2, -0.15) is 0 Å². The maximum absolute atomic E-state index is 5.51. The van der Waals surface area contributed by atoms with Crippen LogP contribution in [0, 0.1) is 5.92 Å². The third kappa shape index (κ3) is 3.80. The van der Waals surface area contributed by atoms with E-state index in [1.54, 1.807) is 14.2 Å². The molecule has 144 valence electrons. The van der Waals surface area contributed by atoms with E-state index < -0.39 is 0 Å². The predicted molar refractivity (Wildman–Crippen MR) is 101 cm³/mol. The number of hydrogen-bond donors (Lipinski definition) is 3. The Labute approximate surface area is 158 Å². The van der Waals surface area contributed by atoms with E-state index in [9.17, 15) is 0 Å². The van der Waals surface area contributed by atoms with Crippen molar-refractivity contribution in [3.8, 4) is 23.0 Å². The zero-order valence-electron chi connectivity index (χ0n) is 15.6. The van der Waals surface area contributed by atoms with Crippen LogP contribution in [0.1, 0.15) is 17.2 Å². The van der Waals surface area contributed by atoms with Crippen LogP contribution >= 0.6 is 0 Å². The van der Waals surface area contributed by atoms with E-state index in [1.165, 1.54) is 5.56 Å². The van der Waals surface area contributed by atoms with Crippen LogP contribution in [0.15, 0.2) is 36.4 Å². The number of methoxy groups -OCH3 is 2. The van der Waals surface area contributed by atoms with Gasteiger partial charge in [0.25, 0.3) is 0 Å². The van der Waals surface area contributed by atoms with Gasteiger partial charge in [0.15, 0.2) is 11.5 Å². The van der Waals surface area contributed by atoms with E-state index >= 15 is 0 Å². The fourth-order valence-electron chi connectivity index (χ4n) is 3.60. The molecule has 2 atom stereocenters. The molecule has 0 radical (unpaired) electrons. The zero-order chi connectivity index (χ0) is 18.6. The lowest BCUT2D eigenvalue weighted by Gasteiger charge is -2.20. The molecule has 0 aliphatic carbocycles. The first-order valence-corrected chi connectivity index (χ1v) is 9.08. The molecule has 2 unspecified atom stereocenters. The van der Waals surface area contributed by atoms with Gasteiger partial charge >= 0.3 is 0 Å². The van der Waals surface area contributed by atoms with Crippen LogP contribution in [0.2, 0.25) is 0 Å². The monoisotopic (exact) mass is 371 g/mol. The molecule has 7 heteroatoms. The van der Waals surface area contributed by atoms with Gasteiger partial charge in [-0.25, -0.2) is 5.43 Å². The van der Waals surface area contributed by atoms with E-state index in [2.05, 4.69) is 28.3 Å². The third-order valence-electron chi connectivity index (χ3n) is 5.06. The van der Waals surface area contributed by atoms with E-state index in [4.69, 9.17) is 18.9 Å². The van der Waals surface area contributed by atoms with Crippen LogP contribution in [-0.2, 0) is 6.54 Å². The van der Waals surface area contributed by atoms with Crippen molar-refractivity contribution in [2.45, 2.75) is 12.6 Å². The zero-order valence-corrected chi connectivity index (χ0v) is 15.6. The molecule has 3 N–H and O–H groups in total. The van der Waals surface area contributed by atoms with E-state index in [0.717, 1.165) is 41.7 Å². The summed E-state index contributed by atoms with van der Waals surface area (Å²) in [6, 6.07) is 12.2. The summed E-state index contributed by atoms with van der Waals surface area (Å²) in [5.74, 6) is 3.72. The molecule has 1 fully saturated rings. The Morgan fingerprint density at radius 3 is 2.81 bits per heavy atom. The predicted octanol–water partition coefficient (Wildman–Crippen LogP) is 1.99. The summed E-state index contributed by atoms with van der Waals surface area (Å²) in [5.41, 5.74) is 8.91. The van der Waals surface area contributed by atoms with Crippen molar-refractivity contribution in [3.05, 3.63) is 47.5 Å². The van der Waals surface area contributed by atoms with Crippen LogP contribution in [0.4, 0.5) is 0 Å². The van der Waals surface area contributed by atoms with Crippen molar-refractivity contribution in [3.63, 3.8) is 0 Å². The Morgan fingerprint density at radius 1 is 1.07 bits per heavy atom. The van der Waals surface area contributed by atoms with E-state index in [1.807, 2.05) is 24.3 Å². The van der Waals surface area contributed by atoms with Gasteiger partial charge in [-0.05, 0) is 35.9 Å². The second kappa shape index (κ2) is 8.04. The van der Waals surface area contributed by atoms with Crippen molar-refractivity contribution >= 4 is 0 Å². The van der Waals surface area contributed by atoms with Gasteiger partial charge in [0.1, 0.15) is 11.5 Å². The average molecular weight is 371 g/mol. The highest BCUT2D eigenvalue weighted by Crippen LogP contribution is 2.36. The van der Waals surface area contributed by atoms with Crippen LogP contribution in [-0.4, -0.2) is 34.1 Å². The largest absolute Gasteiger partial charge is 0.497 e. The minimum atomic E-state index is 0.208. The standard InChI is InChI=1S/C20H25N3O4/c1-24-16-4-6-17(25-2)14(7-16)9-21-10-15-11-22-23-20(15)13-3-5-18-19(8-13)27-12-26-18/h3-8,15,20-23H,9-12H2,1-2H3. The van der Waals surface area contributed by atoms with Crippen molar-refractivity contribution in [1.29, 1.82) is 0 Å². The molecule has 0 amide bonds. The van der Waals surface area contributed by atoms with Crippen LogP contribution in [0.25, 0.3) is 0 Å². The quantitative estimate of drug-likeness (QED) is 0.687. The number of rotatable bonds is 7. The van der Waals surface area contributed by atoms with Crippen LogP contribution in [0.3, 0.4) is 0 Å². The first kappa shape index (κ1) is 17.9. The summed E-state index contributed by atoms with van der Waals surface area (Å²) in [6.45, 7) is 2.76. The highest BCUT2D eigenvalue weighted by Gasteiger charge is 2.29. The fraction of sp³-hybridized carbons (Fsp3) is 0.400. The fourth-order valence-corrected chi connectivity index (χ4v) is 3.60. The first-order valence-electron chi connectivity index (χ1n) is 9.08. The maximum atomic E-state index is 5.51. The molecule has 2 aromatic rings. The first-order chi connectivity index (χ1) is 13.3. The second-order valence-corrected chi connectivity index (χ2v) is 6.68.